The van der Waals surface area contributed by atoms with Gasteiger partial charge in [0.1, 0.15) is 11.6 Å². The summed E-state index contributed by atoms with van der Waals surface area (Å²) in [6.45, 7) is 4.63. The lowest BCUT2D eigenvalue weighted by atomic mass is 10.1. The molecule has 2 heterocycles. The molecule has 0 N–H and O–H groups in total. The molecular weight excluding hydrogens is 388 g/mol. The van der Waals surface area contributed by atoms with Gasteiger partial charge >= 0.3 is 0 Å². The summed E-state index contributed by atoms with van der Waals surface area (Å²) in [5.41, 5.74) is 2.36. The molecule has 2 atom stereocenters. The standard InChI is InChI=1S/C25H30N4O2/c1-18-15-28(17-23(31-18)20-12-13-20)25-27-26-24(14-21-10-6-7-11-22(21)30-2)29(25)16-19-8-4-3-5-9-19/h3-11,18,20,23H,12-17H2,1-2H3. The van der Waals surface area contributed by atoms with Crippen LogP contribution in [0.2, 0.25) is 0 Å². The van der Waals surface area contributed by atoms with Crippen LogP contribution in [0.4, 0.5) is 5.95 Å². The topological polar surface area (TPSA) is 52.4 Å². The van der Waals surface area contributed by atoms with Crippen LogP contribution in [-0.2, 0) is 17.7 Å². The molecule has 2 aromatic carbocycles. The van der Waals surface area contributed by atoms with Crippen molar-refractivity contribution in [3.8, 4) is 5.75 Å². The fourth-order valence-electron chi connectivity index (χ4n) is 4.52. The average Bonchev–Trinajstić information content (AvgIpc) is 3.58. The van der Waals surface area contributed by atoms with Crippen LogP contribution in [-0.4, -0.2) is 47.2 Å². The van der Waals surface area contributed by atoms with E-state index in [1.807, 2.05) is 18.2 Å². The van der Waals surface area contributed by atoms with Crippen molar-refractivity contribution < 1.29 is 9.47 Å². The molecule has 3 aromatic rings. The van der Waals surface area contributed by atoms with Gasteiger partial charge in [-0.05, 0) is 37.3 Å². The lowest BCUT2D eigenvalue weighted by Gasteiger charge is -2.37. The number of benzene rings is 2. The van der Waals surface area contributed by atoms with Crippen molar-refractivity contribution in [2.24, 2.45) is 5.92 Å². The highest BCUT2D eigenvalue weighted by molar-refractivity contribution is 5.39. The Labute approximate surface area is 183 Å². The normalized spacial score (nSPS) is 21.3. The Morgan fingerprint density at radius 1 is 1.00 bits per heavy atom. The van der Waals surface area contributed by atoms with Crippen molar-refractivity contribution in [1.82, 2.24) is 14.8 Å². The van der Waals surface area contributed by atoms with Crippen LogP contribution in [0.15, 0.2) is 54.6 Å². The molecule has 1 aromatic heterocycles. The summed E-state index contributed by atoms with van der Waals surface area (Å²) >= 11 is 0. The summed E-state index contributed by atoms with van der Waals surface area (Å²) in [6.07, 6.45) is 3.72. The molecule has 31 heavy (non-hydrogen) atoms. The van der Waals surface area contributed by atoms with Gasteiger partial charge in [0.2, 0.25) is 5.95 Å². The fourth-order valence-corrected chi connectivity index (χ4v) is 4.52. The van der Waals surface area contributed by atoms with E-state index in [2.05, 4.69) is 63.0 Å². The van der Waals surface area contributed by atoms with Crippen LogP contribution in [0.25, 0.3) is 0 Å². The third kappa shape index (κ3) is 4.44. The number of anilines is 1. The highest BCUT2D eigenvalue weighted by Gasteiger charge is 2.38. The van der Waals surface area contributed by atoms with Gasteiger partial charge in [0.25, 0.3) is 0 Å². The van der Waals surface area contributed by atoms with Crippen LogP contribution < -0.4 is 9.64 Å². The number of hydrogen-bond donors (Lipinski definition) is 0. The molecule has 162 valence electrons. The Balaban J connectivity index is 1.48. The molecule has 1 saturated carbocycles. The van der Waals surface area contributed by atoms with Crippen LogP contribution in [0.1, 0.15) is 36.7 Å². The molecule has 0 radical (unpaired) electrons. The molecule has 6 heteroatoms. The summed E-state index contributed by atoms with van der Waals surface area (Å²) in [5.74, 6) is 3.47. The molecule has 1 aliphatic carbocycles. The third-order valence-electron chi connectivity index (χ3n) is 6.25. The van der Waals surface area contributed by atoms with Gasteiger partial charge in [-0.3, -0.25) is 4.57 Å². The molecule has 6 nitrogen and oxygen atoms in total. The number of hydrogen-bond acceptors (Lipinski definition) is 5. The molecule has 1 aliphatic heterocycles. The lowest BCUT2D eigenvalue weighted by molar-refractivity contribution is -0.0277. The highest BCUT2D eigenvalue weighted by Crippen LogP contribution is 2.37. The molecule has 1 saturated heterocycles. The second-order valence-corrected chi connectivity index (χ2v) is 8.70. The van der Waals surface area contributed by atoms with Crippen molar-refractivity contribution >= 4 is 5.95 Å². The molecule has 0 spiro atoms. The zero-order chi connectivity index (χ0) is 21.2. The number of nitrogens with zero attached hydrogens (tertiary/aromatic N) is 4. The third-order valence-corrected chi connectivity index (χ3v) is 6.25. The average molecular weight is 419 g/mol. The minimum absolute atomic E-state index is 0.193. The Hall–Kier alpha value is -2.86. The van der Waals surface area contributed by atoms with Gasteiger partial charge in [0.15, 0.2) is 0 Å². The quantitative estimate of drug-likeness (QED) is 0.582. The summed E-state index contributed by atoms with van der Waals surface area (Å²) < 4.78 is 14.1. The van der Waals surface area contributed by atoms with Gasteiger partial charge in [-0.15, -0.1) is 10.2 Å². The SMILES string of the molecule is COc1ccccc1Cc1nnc(N2CC(C)OC(C3CC3)C2)n1Cc1ccccc1. The van der Waals surface area contributed by atoms with Gasteiger partial charge in [-0.25, -0.2) is 0 Å². The first-order chi connectivity index (χ1) is 15.2. The van der Waals surface area contributed by atoms with E-state index in [-0.39, 0.29) is 6.10 Å². The molecule has 0 amide bonds. The maximum absolute atomic E-state index is 6.24. The van der Waals surface area contributed by atoms with E-state index in [4.69, 9.17) is 9.47 Å². The zero-order valence-electron chi connectivity index (χ0n) is 18.3. The highest BCUT2D eigenvalue weighted by atomic mass is 16.5. The molecular formula is C25H30N4O2. The first-order valence-corrected chi connectivity index (χ1v) is 11.2. The van der Waals surface area contributed by atoms with Gasteiger partial charge < -0.3 is 14.4 Å². The van der Waals surface area contributed by atoms with Crippen molar-refractivity contribution in [1.29, 1.82) is 0 Å². The molecule has 2 unspecified atom stereocenters. The second kappa shape index (κ2) is 8.71. The van der Waals surface area contributed by atoms with Crippen LogP contribution in [0.5, 0.6) is 5.75 Å². The minimum Gasteiger partial charge on any atom is -0.496 e. The Bertz CT molecular complexity index is 1020. The zero-order valence-corrected chi connectivity index (χ0v) is 18.3. The van der Waals surface area contributed by atoms with E-state index in [0.717, 1.165) is 42.7 Å². The summed E-state index contributed by atoms with van der Waals surface area (Å²) in [6, 6.07) is 18.7. The summed E-state index contributed by atoms with van der Waals surface area (Å²) in [4.78, 5) is 2.37. The smallest absolute Gasteiger partial charge is 0.227 e. The molecule has 0 bridgehead atoms. The number of morpholine rings is 1. The van der Waals surface area contributed by atoms with Crippen molar-refractivity contribution in [3.05, 3.63) is 71.5 Å². The predicted molar refractivity (Wildman–Crippen MR) is 121 cm³/mol. The molecule has 2 aliphatic rings. The van der Waals surface area contributed by atoms with E-state index >= 15 is 0 Å². The van der Waals surface area contributed by atoms with E-state index in [9.17, 15) is 0 Å². The van der Waals surface area contributed by atoms with Gasteiger partial charge in [0.05, 0.1) is 25.9 Å². The molecule has 2 fully saturated rings. The number of para-hydroxylation sites is 1. The first-order valence-electron chi connectivity index (χ1n) is 11.2. The Kier molecular flexibility index (Phi) is 5.64. The van der Waals surface area contributed by atoms with Gasteiger partial charge in [-0.2, -0.15) is 0 Å². The van der Waals surface area contributed by atoms with E-state index in [0.29, 0.717) is 18.4 Å². The Morgan fingerprint density at radius 3 is 2.55 bits per heavy atom. The maximum atomic E-state index is 6.24. The lowest BCUT2D eigenvalue weighted by Crippen LogP contribution is -2.48. The minimum atomic E-state index is 0.193. The second-order valence-electron chi connectivity index (χ2n) is 8.70. The number of ether oxygens (including phenoxy) is 2. The molecule has 5 rings (SSSR count). The fraction of sp³-hybridized carbons (Fsp3) is 0.440. The van der Waals surface area contributed by atoms with Crippen LogP contribution in [0.3, 0.4) is 0 Å². The van der Waals surface area contributed by atoms with E-state index < -0.39 is 0 Å². The predicted octanol–water partition coefficient (Wildman–Crippen LogP) is 3.93. The van der Waals surface area contributed by atoms with Gasteiger partial charge in [-0.1, -0.05) is 48.5 Å². The van der Waals surface area contributed by atoms with Crippen molar-refractivity contribution in [3.63, 3.8) is 0 Å². The summed E-state index contributed by atoms with van der Waals surface area (Å²) in [5, 5.41) is 9.32. The largest absolute Gasteiger partial charge is 0.496 e. The first kappa shape index (κ1) is 20.1. The van der Waals surface area contributed by atoms with E-state index in [1.165, 1.54) is 18.4 Å². The number of methoxy groups -OCH3 is 1. The Morgan fingerprint density at radius 2 is 1.77 bits per heavy atom. The van der Waals surface area contributed by atoms with Crippen molar-refractivity contribution in [2.75, 3.05) is 25.1 Å². The van der Waals surface area contributed by atoms with Gasteiger partial charge in [0, 0.05) is 25.1 Å². The van der Waals surface area contributed by atoms with Crippen LogP contribution >= 0.6 is 0 Å². The number of rotatable bonds is 7. The maximum Gasteiger partial charge on any atom is 0.227 e. The van der Waals surface area contributed by atoms with Crippen LogP contribution in [0, 0.1) is 5.92 Å². The van der Waals surface area contributed by atoms with Crippen molar-refractivity contribution in [2.45, 2.75) is 44.9 Å². The van der Waals surface area contributed by atoms with E-state index in [1.54, 1.807) is 7.11 Å². The monoisotopic (exact) mass is 418 g/mol. The number of aromatic nitrogens is 3. The summed E-state index contributed by atoms with van der Waals surface area (Å²) in [7, 11) is 1.71.